The van der Waals surface area contributed by atoms with Crippen LogP contribution in [0.1, 0.15) is 10.4 Å². The number of hydrogen-bond acceptors (Lipinski definition) is 2. The Morgan fingerprint density at radius 3 is 2.40 bits per heavy atom. The minimum absolute atomic E-state index is 0.126. The van der Waals surface area contributed by atoms with Gasteiger partial charge in [0.2, 0.25) is 5.12 Å². The van der Waals surface area contributed by atoms with Crippen LogP contribution < -0.4 is 0 Å². The molecule has 1 nitrogen and oxygen atoms in total. The molecule has 0 atom stereocenters. The number of hydrogen-bond donors (Lipinski definition) is 0. The summed E-state index contributed by atoms with van der Waals surface area (Å²) in [7, 11) is 1.79. The zero-order chi connectivity index (χ0) is 7.40. The Hall–Kier alpha value is -0.695. The molecule has 0 aliphatic heterocycles. The van der Waals surface area contributed by atoms with E-state index in [1.165, 1.54) is 11.6 Å². The Morgan fingerprint density at radius 1 is 1.30 bits per heavy atom. The van der Waals surface area contributed by atoms with E-state index in [0.717, 1.165) is 5.56 Å². The van der Waals surface area contributed by atoms with Gasteiger partial charge in [-0.3, -0.25) is 4.79 Å². The monoisotopic (exact) mass is 150 g/mol. The molecule has 0 saturated heterocycles. The van der Waals surface area contributed by atoms with E-state index in [-0.39, 0.29) is 5.12 Å². The molecule has 0 amide bonds. The van der Waals surface area contributed by atoms with Gasteiger partial charge in [0.1, 0.15) is 0 Å². The number of benzene rings is 1. The Labute approximate surface area is 65.1 Å². The third-order valence-electron chi connectivity index (χ3n) is 1.19. The van der Waals surface area contributed by atoms with Gasteiger partial charge in [0.05, 0.1) is 0 Å². The predicted molar refractivity (Wildman–Crippen MR) is 46.9 cm³/mol. The molecule has 0 aliphatic rings. The Balaban J connectivity index is 2.85. The van der Waals surface area contributed by atoms with Crippen LogP contribution in [0.15, 0.2) is 30.3 Å². The van der Waals surface area contributed by atoms with Crippen LogP contribution in [0.3, 0.4) is 0 Å². The first kappa shape index (κ1) is 7.41. The number of carbonyl (C=O) groups excluding carboxylic acids is 1. The Bertz CT molecular complexity index is 222. The summed E-state index contributed by atoms with van der Waals surface area (Å²) >= 11 is 1.24. The van der Waals surface area contributed by atoms with Crippen LogP contribution in [0.4, 0.5) is 0 Å². The van der Waals surface area contributed by atoms with Crippen LogP contribution in [0.2, 0.25) is 0 Å². The highest BCUT2D eigenvalue weighted by molar-refractivity contribution is 8.31. The highest BCUT2D eigenvalue weighted by Gasteiger charge is 1.99. The molecule has 3 heteroatoms. The van der Waals surface area contributed by atoms with Crippen molar-refractivity contribution < 1.29 is 4.79 Å². The summed E-state index contributed by atoms with van der Waals surface area (Å²) in [5.74, 6) is 0. The minimum Gasteiger partial charge on any atom is -0.283 e. The molecule has 0 aromatic heterocycles. The van der Waals surface area contributed by atoms with Crippen LogP contribution in [-0.4, -0.2) is 12.2 Å². The maximum atomic E-state index is 11.0. The summed E-state index contributed by atoms with van der Waals surface area (Å²) in [5, 5.41) is 0.126. The van der Waals surface area contributed by atoms with Gasteiger partial charge >= 0.3 is 0 Å². The molecule has 1 rings (SSSR count). The fraction of sp³-hybridized carbons (Fsp3) is 0. The zero-order valence-electron chi connectivity index (χ0n) is 5.70. The molecule has 0 unspecified atom stereocenters. The summed E-state index contributed by atoms with van der Waals surface area (Å²) in [6, 6.07) is 9.27. The van der Waals surface area contributed by atoms with Crippen LogP contribution in [0.25, 0.3) is 0 Å². The fourth-order valence-electron chi connectivity index (χ4n) is 0.692. The topological polar surface area (TPSA) is 17.1 Å². The number of carbonyl (C=O) groups is 1. The quantitative estimate of drug-likeness (QED) is 0.557. The minimum atomic E-state index is 0.126. The van der Waals surface area contributed by atoms with Crippen molar-refractivity contribution in [3.8, 4) is 0 Å². The van der Waals surface area contributed by atoms with Gasteiger partial charge in [-0.1, -0.05) is 30.3 Å². The summed E-state index contributed by atoms with van der Waals surface area (Å²) in [4.78, 5) is 11.0. The van der Waals surface area contributed by atoms with Crippen molar-refractivity contribution in [2.24, 2.45) is 0 Å². The lowest BCUT2D eigenvalue weighted by molar-refractivity contribution is 0.109. The second kappa shape index (κ2) is 3.47. The lowest BCUT2D eigenvalue weighted by Gasteiger charge is -1.93. The Morgan fingerprint density at radius 2 is 1.90 bits per heavy atom. The molecule has 0 bridgehead atoms. The van der Waals surface area contributed by atoms with Gasteiger partial charge in [0.15, 0.2) is 7.12 Å². The van der Waals surface area contributed by atoms with E-state index < -0.39 is 0 Å². The molecule has 50 valence electrons. The molecule has 0 radical (unpaired) electrons. The maximum Gasteiger partial charge on any atom is 0.208 e. The third kappa shape index (κ3) is 1.64. The van der Waals surface area contributed by atoms with Crippen molar-refractivity contribution in [1.29, 1.82) is 0 Å². The van der Waals surface area contributed by atoms with Crippen molar-refractivity contribution in [2.45, 2.75) is 0 Å². The van der Waals surface area contributed by atoms with Crippen LogP contribution >= 0.6 is 11.6 Å². The molecule has 0 heterocycles. The van der Waals surface area contributed by atoms with Crippen molar-refractivity contribution in [3.05, 3.63) is 35.9 Å². The van der Waals surface area contributed by atoms with Crippen LogP contribution in [0.5, 0.6) is 0 Å². The van der Waals surface area contributed by atoms with Crippen molar-refractivity contribution in [2.75, 3.05) is 0 Å². The Kier molecular flexibility index (Phi) is 2.57. The normalized spacial score (nSPS) is 9.20. The lowest BCUT2D eigenvalue weighted by atomic mass is 10.2. The van der Waals surface area contributed by atoms with Gasteiger partial charge < -0.3 is 0 Å². The molecule has 10 heavy (non-hydrogen) atoms. The van der Waals surface area contributed by atoms with Crippen LogP contribution in [-0.2, 0) is 0 Å². The van der Waals surface area contributed by atoms with E-state index in [1.54, 1.807) is 7.12 Å². The molecule has 1 aromatic rings. The van der Waals surface area contributed by atoms with Gasteiger partial charge in [0, 0.05) is 5.56 Å². The van der Waals surface area contributed by atoms with Crippen molar-refractivity contribution in [3.63, 3.8) is 0 Å². The van der Waals surface area contributed by atoms with E-state index in [0.29, 0.717) is 0 Å². The predicted octanol–water partition coefficient (Wildman–Crippen LogP) is 1.11. The smallest absolute Gasteiger partial charge is 0.208 e. The second-order valence-corrected chi connectivity index (χ2v) is 2.64. The first-order valence-corrected chi connectivity index (χ1v) is 4.20. The summed E-state index contributed by atoms with van der Waals surface area (Å²) in [5.41, 5.74) is 0.773. The third-order valence-corrected chi connectivity index (χ3v) is 1.80. The van der Waals surface area contributed by atoms with Crippen molar-refractivity contribution in [1.82, 2.24) is 0 Å². The van der Waals surface area contributed by atoms with Gasteiger partial charge in [-0.25, -0.2) is 0 Å². The average Bonchev–Trinajstić information content (AvgIpc) is 2.05. The molecule has 0 aliphatic carbocycles. The van der Waals surface area contributed by atoms with Gasteiger partial charge in [-0.15, -0.1) is 11.6 Å². The second-order valence-electron chi connectivity index (χ2n) is 1.86. The van der Waals surface area contributed by atoms with E-state index in [4.69, 9.17) is 0 Å². The van der Waals surface area contributed by atoms with E-state index in [1.807, 2.05) is 30.3 Å². The maximum absolute atomic E-state index is 11.0. The lowest BCUT2D eigenvalue weighted by Crippen LogP contribution is -1.90. The van der Waals surface area contributed by atoms with E-state index in [9.17, 15) is 4.79 Å². The first-order valence-electron chi connectivity index (χ1n) is 2.98. The molecule has 0 spiro atoms. The molecule has 1 aromatic carbocycles. The molecular formula is C7H7BOS. The summed E-state index contributed by atoms with van der Waals surface area (Å²) < 4.78 is 0. The van der Waals surface area contributed by atoms with Crippen molar-refractivity contribution >= 4 is 23.9 Å². The standard InChI is InChI=1S/C7H7BOS/c8-10-7(9)6-4-2-1-3-5-6/h1-5H,8H2. The van der Waals surface area contributed by atoms with Gasteiger partial charge in [-0.2, -0.15) is 0 Å². The molecule has 0 saturated carbocycles. The summed E-state index contributed by atoms with van der Waals surface area (Å²) in [6.07, 6.45) is 0. The first-order chi connectivity index (χ1) is 4.84. The van der Waals surface area contributed by atoms with Gasteiger partial charge in [0.25, 0.3) is 0 Å². The van der Waals surface area contributed by atoms with Crippen LogP contribution in [0, 0.1) is 0 Å². The zero-order valence-corrected chi connectivity index (χ0v) is 6.52. The van der Waals surface area contributed by atoms with E-state index in [2.05, 4.69) is 0 Å². The fourth-order valence-corrected chi connectivity index (χ4v) is 1.06. The molecular weight excluding hydrogens is 143 g/mol. The highest BCUT2D eigenvalue weighted by Crippen LogP contribution is 2.06. The molecule has 0 fully saturated rings. The highest BCUT2D eigenvalue weighted by atomic mass is 32.2. The summed E-state index contributed by atoms with van der Waals surface area (Å²) in [6.45, 7) is 0. The van der Waals surface area contributed by atoms with E-state index >= 15 is 0 Å². The largest absolute Gasteiger partial charge is 0.283 e. The number of rotatable bonds is 1. The SMILES string of the molecule is BSC(=O)c1ccccc1. The molecule has 0 N–H and O–H groups in total. The average molecular weight is 150 g/mol. The van der Waals surface area contributed by atoms with Gasteiger partial charge in [-0.05, 0) is 0 Å².